The number of nitrogens with one attached hydrogen (secondary N) is 1. The summed E-state index contributed by atoms with van der Waals surface area (Å²) in [7, 11) is 0. The predicted octanol–water partition coefficient (Wildman–Crippen LogP) is 6.82. The Labute approximate surface area is 200 Å². The average molecular weight is 473 g/mol. The summed E-state index contributed by atoms with van der Waals surface area (Å²) < 4.78 is 2.03. The van der Waals surface area contributed by atoms with E-state index in [1.807, 2.05) is 90.4 Å². The lowest BCUT2D eigenvalue weighted by Crippen LogP contribution is -2.11. The van der Waals surface area contributed by atoms with Crippen LogP contribution in [0, 0.1) is 0 Å². The van der Waals surface area contributed by atoms with Crippen LogP contribution in [0.25, 0.3) is 22.3 Å². The third-order valence-electron chi connectivity index (χ3n) is 5.55. The van der Waals surface area contributed by atoms with Crippen LogP contribution in [0.3, 0.4) is 0 Å². The maximum atomic E-state index is 13.8. The second-order valence-electron chi connectivity index (χ2n) is 7.58. The number of aromatic nitrogens is 4. The molecule has 0 radical (unpaired) electrons. The van der Waals surface area contributed by atoms with Gasteiger partial charge in [0.1, 0.15) is 5.25 Å². The van der Waals surface area contributed by atoms with Crippen LogP contribution < -0.4 is 0 Å². The smallest absolute Gasteiger partial charge is 0.192 e. The Morgan fingerprint density at radius 3 is 2.48 bits per heavy atom. The van der Waals surface area contributed by atoms with Crippen LogP contribution in [0.1, 0.15) is 28.1 Å². The molecule has 7 heteroatoms. The fourth-order valence-electron chi connectivity index (χ4n) is 3.90. The molecule has 1 unspecified atom stereocenters. The lowest BCUT2D eigenvalue weighted by Gasteiger charge is -2.16. The van der Waals surface area contributed by atoms with E-state index in [9.17, 15) is 4.79 Å². The van der Waals surface area contributed by atoms with Gasteiger partial charge in [-0.25, -0.2) is 0 Å². The number of thioether (sulfide) groups is 1. The molecule has 0 spiro atoms. The zero-order chi connectivity index (χ0) is 22.8. The third kappa shape index (κ3) is 4.19. The topological polar surface area (TPSA) is 63.6 Å². The Bertz CT molecular complexity index is 1410. The average Bonchev–Trinajstić information content (AvgIpc) is 3.47. The number of benzene rings is 3. The van der Waals surface area contributed by atoms with Crippen LogP contribution in [-0.2, 0) is 6.54 Å². The van der Waals surface area contributed by atoms with Crippen molar-refractivity contribution < 1.29 is 4.79 Å². The van der Waals surface area contributed by atoms with Gasteiger partial charge in [-0.1, -0.05) is 71.9 Å². The summed E-state index contributed by atoms with van der Waals surface area (Å²) in [4.78, 5) is 17.0. The van der Waals surface area contributed by atoms with Crippen molar-refractivity contribution in [2.75, 3.05) is 0 Å². The second-order valence-corrected chi connectivity index (χ2v) is 9.09. The van der Waals surface area contributed by atoms with Crippen LogP contribution in [0.4, 0.5) is 0 Å². The highest BCUT2D eigenvalue weighted by molar-refractivity contribution is 8.00. The van der Waals surface area contributed by atoms with Crippen molar-refractivity contribution in [3.63, 3.8) is 0 Å². The zero-order valence-corrected chi connectivity index (χ0v) is 19.5. The molecule has 0 fully saturated rings. The van der Waals surface area contributed by atoms with Gasteiger partial charge in [0, 0.05) is 39.8 Å². The minimum atomic E-state index is -0.460. The maximum Gasteiger partial charge on any atom is 0.192 e. The van der Waals surface area contributed by atoms with Crippen LogP contribution in [0.2, 0.25) is 5.02 Å². The van der Waals surface area contributed by atoms with E-state index in [2.05, 4.69) is 15.2 Å². The third-order valence-corrected chi connectivity index (χ3v) is 7.04. The molecule has 0 saturated heterocycles. The number of ketones is 1. The van der Waals surface area contributed by atoms with Crippen LogP contribution in [-0.4, -0.2) is 25.5 Å². The van der Waals surface area contributed by atoms with Crippen molar-refractivity contribution in [1.29, 1.82) is 0 Å². The monoisotopic (exact) mass is 472 g/mol. The van der Waals surface area contributed by atoms with Crippen LogP contribution in [0.15, 0.2) is 90.2 Å². The fourth-order valence-corrected chi connectivity index (χ4v) is 5.19. The van der Waals surface area contributed by atoms with Gasteiger partial charge < -0.3 is 9.55 Å². The van der Waals surface area contributed by atoms with Crippen molar-refractivity contribution in [3.8, 4) is 11.4 Å². The van der Waals surface area contributed by atoms with E-state index in [-0.39, 0.29) is 5.78 Å². The van der Waals surface area contributed by atoms with Gasteiger partial charge in [-0.05, 0) is 42.8 Å². The molecular weight excluding hydrogens is 452 g/mol. The second kappa shape index (κ2) is 9.25. The molecule has 0 bridgehead atoms. The first kappa shape index (κ1) is 21.5. The van der Waals surface area contributed by atoms with Crippen molar-refractivity contribution in [2.45, 2.75) is 23.9 Å². The first-order valence-electron chi connectivity index (χ1n) is 10.7. The molecule has 0 aliphatic carbocycles. The zero-order valence-electron chi connectivity index (χ0n) is 17.9. The normalized spacial score (nSPS) is 12.2. The Morgan fingerprint density at radius 1 is 1.00 bits per heavy atom. The number of aromatic amines is 1. The molecule has 0 aliphatic heterocycles. The molecule has 3 aromatic carbocycles. The summed E-state index contributed by atoms with van der Waals surface area (Å²) in [6.45, 7) is 2.72. The number of fused-ring (bicyclic) bond motifs is 1. The minimum absolute atomic E-state index is 0.0299. The number of carbonyl (C=O) groups is 1. The van der Waals surface area contributed by atoms with E-state index in [1.54, 1.807) is 6.20 Å². The number of nitrogens with zero attached hydrogens (tertiary/aromatic N) is 3. The SMILES string of the molecule is CCn1c(SC(C(=O)c2c[nH]c3ccccc23)c2ccccc2)nnc1-c1ccc(Cl)cc1. The van der Waals surface area contributed by atoms with E-state index in [0.717, 1.165) is 27.9 Å². The fraction of sp³-hybridized carbons (Fsp3) is 0.115. The van der Waals surface area contributed by atoms with Gasteiger partial charge in [0.15, 0.2) is 16.8 Å². The standard InChI is InChI=1S/C26H21ClN4OS/c1-2-31-25(18-12-14-19(27)15-13-18)29-30-26(31)33-24(17-8-4-3-5-9-17)23(32)21-16-28-22-11-7-6-10-20(21)22/h3-16,24,28H,2H2,1H3. The van der Waals surface area contributed by atoms with Gasteiger partial charge in [-0.3, -0.25) is 4.79 Å². The number of Topliss-reactive ketones (excluding diaryl/α,β-unsaturated/α-hetero) is 1. The van der Waals surface area contributed by atoms with E-state index in [0.29, 0.717) is 22.3 Å². The van der Waals surface area contributed by atoms with Gasteiger partial charge in [-0.15, -0.1) is 10.2 Å². The summed E-state index contributed by atoms with van der Waals surface area (Å²) in [6.07, 6.45) is 1.80. The first-order valence-corrected chi connectivity index (χ1v) is 11.9. The number of rotatable bonds is 7. The Kier molecular flexibility index (Phi) is 6.03. The Hall–Kier alpha value is -3.35. The summed E-state index contributed by atoms with van der Waals surface area (Å²) >= 11 is 7.48. The number of carbonyl (C=O) groups excluding carboxylic acids is 1. The highest BCUT2D eigenvalue weighted by Crippen LogP contribution is 2.39. The molecule has 2 heterocycles. The van der Waals surface area contributed by atoms with E-state index < -0.39 is 5.25 Å². The Morgan fingerprint density at radius 2 is 1.73 bits per heavy atom. The van der Waals surface area contributed by atoms with Crippen molar-refractivity contribution in [1.82, 2.24) is 19.7 Å². The summed E-state index contributed by atoms with van der Waals surface area (Å²) in [6, 6.07) is 25.2. The number of H-pyrrole nitrogens is 1. The van der Waals surface area contributed by atoms with E-state index in [1.165, 1.54) is 11.8 Å². The van der Waals surface area contributed by atoms with Gasteiger partial charge in [0.2, 0.25) is 0 Å². The lowest BCUT2D eigenvalue weighted by molar-refractivity contribution is 0.0991. The van der Waals surface area contributed by atoms with Crippen molar-refractivity contribution in [3.05, 3.63) is 101 Å². The van der Waals surface area contributed by atoms with Crippen LogP contribution in [0.5, 0.6) is 0 Å². The van der Waals surface area contributed by atoms with Gasteiger partial charge >= 0.3 is 0 Å². The largest absolute Gasteiger partial charge is 0.360 e. The molecule has 33 heavy (non-hydrogen) atoms. The van der Waals surface area contributed by atoms with Crippen molar-refractivity contribution in [2.24, 2.45) is 0 Å². The Balaban J connectivity index is 1.55. The molecule has 1 N–H and O–H groups in total. The molecule has 0 amide bonds. The molecule has 5 rings (SSSR count). The van der Waals surface area contributed by atoms with Gasteiger partial charge in [-0.2, -0.15) is 0 Å². The van der Waals surface area contributed by atoms with Gasteiger partial charge in [0.25, 0.3) is 0 Å². The summed E-state index contributed by atoms with van der Waals surface area (Å²) in [5, 5.41) is 10.7. The first-order chi connectivity index (χ1) is 16.2. The molecule has 1 atom stereocenters. The number of halogens is 1. The molecule has 0 saturated carbocycles. The molecular formula is C26H21ClN4OS. The maximum absolute atomic E-state index is 13.8. The lowest BCUT2D eigenvalue weighted by atomic mass is 10.0. The molecule has 5 nitrogen and oxygen atoms in total. The van der Waals surface area contributed by atoms with Gasteiger partial charge in [0.05, 0.1) is 0 Å². The number of hydrogen-bond acceptors (Lipinski definition) is 4. The predicted molar refractivity (Wildman–Crippen MR) is 134 cm³/mol. The minimum Gasteiger partial charge on any atom is -0.360 e. The summed E-state index contributed by atoms with van der Waals surface area (Å²) in [5.74, 6) is 0.783. The number of hydrogen-bond donors (Lipinski definition) is 1. The van der Waals surface area contributed by atoms with Crippen molar-refractivity contribution >= 4 is 40.0 Å². The molecule has 5 aromatic rings. The highest BCUT2D eigenvalue weighted by Gasteiger charge is 2.28. The molecule has 2 aromatic heterocycles. The number of para-hydroxylation sites is 1. The summed E-state index contributed by atoms with van der Waals surface area (Å²) in [5.41, 5.74) is 3.48. The molecule has 164 valence electrons. The van der Waals surface area contributed by atoms with E-state index in [4.69, 9.17) is 11.6 Å². The van der Waals surface area contributed by atoms with E-state index >= 15 is 0 Å². The van der Waals surface area contributed by atoms with Crippen LogP contribution >= 0.6 is 23.4 Å². The quantitative estimate of drug-likeness (QED) is 0.208. The molecule has 0 aliphatic rings. The highest BCUT2D eigenvalue weighted by atomic mass is 35.5.